The summed E-state index contributed by atoms with van der Waals surface area (Å²) in [6.45, 7) is 3.66. The van der Waals surface area contributed by atoms with Crippen LogP contribution in [0.1, 0.15) is 41.0 Å². The molecule has 3 rings (SSSR count). The summed E-state index contributed by atoms with van der Waals surface area (Å²) in [6, 6.07) is 7.89. The van der Waals surface area contributed by atoms with Gasteiger partial charge >= 0.3 is 5.69 Å². The van der Waals surface area contributed by atoms with Crippen LogP contribution in [0, 0.1) is 12.7 Å². The summed E-state index contributed by atoms with van der Waals surface area (Å²) in [5.41, 5.74) is 0.231. The number of aromatic nitrogens is 2. The Balaban J connectivity index is 1.61. The molecule has 1 aromatic carbocycles. The van der Waals surface area contributed by atoms with E-state index in [4.69, 9.17) is 0 Å². The summed E-state index contributed by atoms with van der Waals surface area (Å²) in [5.74, 6) is -0.559. The third-order valence-corrected chi connectivity index (χ3v) is 5.23. The Bertz CT molecular complexity index is 915. The molecule has 1 saturated heterocycles. The van der Waals surface area contributed by atoms with Crippen LogP contribution in [-0.4, -0.2) is 63.1 Å². The lowest BCUT2D eigenvalue weighted by Gasteiger charge is -2.31. The molecule has 2 N–H and O–H groups in total. The van der Waals surface area contributed by atoms with Crippen molar-refractivity contribution in [2.45, 2.75) is 38.3 Å². The molecule has 1 amide bonds. The van der Waals surface area contributed by atoms with Crippen molar-refractivity contribution in [2.24, 2.45) is 0 Å². The van der Waals surface area contributed by atoms with Crippen molar-refractivity contribution in [2.75, 3.05) is 26.7 Å². The van der Waals surface area contributed by atoms with Gasteiger partial charge in [0.15, 0.2) is 0 Å². The molecule has 156 valence electrons. The molecule has 1 aromatic heterocycles. The van der Waals surface area contributed by atoms with Gasteiger partial charge < -0.3 is 15.0 Å². The number of nitrogens with zero attached hydrogens (tertiary/aromatic N) is 3. The van der Waals surface area contributed by atoms with Gasteiger partial charge in [-0.25, -0.2) is 9.18 Å². The van der Waals surface area contributed by atoms with Crippen LogP contribution in [0.3, 0.4) is 0 Å². The van der Waals surface area contributed by atoms with Crippen LogP contribution in [0.4, 0.5) is 4.39 Å². The summed E-state index contributed by atoms with van der Waals surface area (Å²) in [7, 11) is 1.91. The van der Waals surface area contributed by atoms with Gasteiger partial charge in [-0.05, 0) is 57.0 Å². The topological polar surface area (TPSA) is 89.5 Å². The molecule has 0 aliphatic carbocycles. The molecule has 7 nitrogen and oxygen atoms in total. The van der Waals surface area contributed by atoms with Gasteiger partial charge in [-0.3, -0.25) is 9.69 Å². The number of benzene rings is 1. The summed E-state index contributed by atoms with van der Waals surface area (Å²) in [5, 5.41) is 11.1. The van der Waals surface area contributed by atoms with Crippen molar-refractivity contribution in [3.63, 3.8) is 0 Å². The highest BCUT2D eigenvalue weighted by Crippen LogP contribution is 2.24. The summed E-state index contributed by atoms with van der Waals surface area (Å²) < 4.78 is 13.1. The zero-order valence-electron chi connectivity index (χ0n) is 16.8. The number of hydrogen-bond acceptors (Lipinski definition) is 5. The predicted octanol–water partition coefficient (Wildman–Crippen LogP) is 1.71. The van der Waals surface area contributed by atoms with Gasteiger partial charge in [0.2, 0.25) is 0 Å². The second-order valence-corrected chi connectivity index (χ2v) is 7.92. The SMILES string of the molecule is Cc1cc(C(=O)N2CCC[C@@](O)(CN(C)Cc3ccc(F)cc3)CC2)nc(=O)[nH]1. The first-order chi connectivity index (χ1) is 13.7. The quantitative estimate of drug-likeness (QED) is 0.795. The van der Waals surface area contributed by atoms with Crippen molar-refractivity contribution in [1.82, 2.24) is 19.8 Å². The number of amides is 1. The molecular weight excluding hydrogens is 375 g/mol. The van der Waals surface area contributed by atoms with Crippen LogP contribution in [0.15, 0.2) is 35.1 Å². The maximum atomic E-state index is 13.1. The van der Waals surface area contributed by atoms with Crippen LogP contribution in [-0.2, 0) is 6.54 Å². The predicted molar refractivity (Wildman–Crippen MR) is 107 cm³/mol. The van der Waals surface area contributed by atoms with Crippen molar-refractivity contribution >= 4 is 5.91 Å². The molecule has 1 aliphatic rings. The first kappa shape index (κ1) is 21.1. The van der Waals surface area contributed by atoms with E-state index in [9.17, 15) is 19.1 Å². The Hall–Kier alpha value is -2.58. The summed E-state index contributed by atoms with van der Waals surface area (Å²) in [6.07, 6.45) is 1.68. The Kier molecular flexibility index (Phi) is 6.44. The molecular formula is C21H27FN4O3. The number of nitrogens with one attached hydrogen (secondary N) is 1. The summed E-state index contributed by atoms with van der Waals surface area (Å²) in [4.78, 5) is 34.3. The normalized spacial score (nSPS) is 20.0. The second-order valence-electron chi connectivity index (χ2n) is 7.92. The average Bonchev–Trinajstić information content (AvgIpc) is 2.84. The maximum absolute atomic E-state index is 13.1. The molecule has 0 bridgehead atoms. The van der Waals surface area contributed by atoms with Gasteiger partial charge in [0.05, 0.1) is 5.60 Å². The van der Waals surface area contributed by atoms with Crippen molar-refractivity contribution in [3.05, 3.63) is 63.6 Å². The van der Waals surface area contributed by atoms with Gasteiger partial charge in [-0.15, -0.1) is 0 Å². The number of hydrogen-bond donors (Lipinski definition) is 2. The average molecular weight is 402 g/mol. The van der Waals surface area contributed by atoms with Gasteiger partial charge in [-0.1, -0.05) is 12.1 Å². The molecule has 0 saturated carbocycles. The van der Waals surface area contributed by atoms with Crippen LogP contribution < -0.4 is 5.69 Å². The number of carbonyl (C=O) groups is 1. The lowest BCUT2D eigenvalue weighted by molar-refractivity contribution is -0.00402. The molecule has 1 aliphatic heterocycles. The van der Waals surface area contributed by atoms with E-state index in [1.165, 1.54) is 12.1 Å². The zero-order valence-corrected chi connectivity index (χ0v) is 16.8. The van der Waals surface area contributed by atoms with Crippen molar-refractivity contribution < 1.29 is 14.3 Å². The Labute approximate surface area is 169 Å². The van der Waals surface area contributed by atoms with E-state index in [1.807, 2.05) is 11.9 Å². The van der Waals surface area contributed by atoms with E-state index in [1.54, 1.807) is 30.0 Å². The highest BCUT2D eigenvalue weighted by atomic mass is 19.1. The number of halogens is 1. The molecule has 2 aromatic rings. The molecule has 8 heteroatoms. The number of likely N-dealkylation sites (tertiary alicyclic amines) is 1. The van der Waals surface area contributed by atoms with Crippen LogP contribution >= 0.6 is 0 Å². The monoisotopic (exact) mass is 402 g/mol. The fourth-order valence-electron chi connectivity index (χ4n) is 3.85. The molecule has 2 heterocycles. The smallest absolute Gasteiger partial charge is 0.345 e. The minimum Gasteiger partial charge on any atom is -0.388 e. The Morgan fingerprint density at radius 1 is 1.31 bits per heavy atom. The Morgan fingerprint density at radius 3 is 2.72 bits per heavy atom. The largest absolute Gasteiger partial charge is 0.388 e. The third-order valence-electron chi connectivity index (χ3n) is 5.23. The van der Waals surface area contributed by atoms with Crippen LogP contribution in [0.25, 0.3) is 0 Å². The zero-order chi connectivity index (χ0) is 21.0. The number of H-pyrrole nitrogens is 1. The highest BCUT2D eigenvalue weighted by molar-refractivity contribution is 5.92. The molecule has 0 unspecified atom stereocenters. The minimum absolute atomic E-state index is 0.130. The van der Waals surface area contributed by atoms with Gasteiger partial charge in [0.25, 0.3) is 5.91 Å². The number of likely N-dealkylation sites (N-methyl/N-ethyl adjacent to an activating group) is 1. The van der Waals surface area contributed by atoms with Gasteiger partial charge in [0, 0.05) is 31.9 Å². The van der Waals surface area contributed by atoms with E-state index < -0.39 is 11.3 Å². The molecule has 29 heavy (non-hydrogen) atoms. The minimum atomic E-state index is -0.915. The van der Waals surface area contributed by atoms with Crippen molar-refractivity contribution in [3.8, 4) is 0 Å². The van der Waals surface area contributed by atoms with Crippen molar-refractivity contribution in [1.29, 1.82) is 0 Å². The second kappa shape index (κ2) is 8.84. The van der Waals surface area contributed by atoms with E-state index >= 15 is 0 Å². The highest BCUT2D eigenvalue weighted by Gasteiger charge is 2.33. The first-order valence-corrected chi connectivity index (χ1v) is 9.77. The van der Waals surface area contributed by atoms with Crippen LogP contribution in [0.2, 0.25) is 0 Å². The lowest BCUT2D eigenvalue weighted by atomic mass is 9.94. The fourth-order valence-corrected chi connectivity index (χ4v) is 3.85. The maximum Gasteiger partial charge on any atom is 0.345 e. The van der Waals surface area contributed by atoms with Crippen LogP contribution in [0.5, 0.6) is 0 Å². The Morgan fingerprint density at radius 2 is 2.03 bits per heavy atom. The molecule has 0 spiro atoms. The lowest BCUT2D eigenvalue weighted by Crippen LogP contribution is -2.42. The molecule has 0 radical (unpaired) electrons. The first-order valence-electron chi connectivity index (χ1n) is 9.77. The summed E-state index contributed by atoms with van der Waals surface area (Å²) >= 11 is 0. The number of carbonyl (C=O) groups excluding carboxylic acids is 1. The third kappa shape index (κ3) is 5.71. The van der Waals surface area contributed by atoms with Gasteiger partial charge in [-0.2, -0.15) is 4.98 Å². The van der Waals surface area contributed by atoms with Gasteiger partial charge in [0.1, 0.15) is 11.5 Å². The number of aliphatic hydroxyl groups is 1. The fraction of sp³-hybridized carbons (Fsp3) is 0.476. The molecule has 1 fully saturated rings. The number of rotatable bonds is 5. The van der Waals surface area contributed by atoms with E-state index in [0.717, 1.165) is 5.56 Å². The van der Waals surface area contributed by atoms with E-state index in [-0.39, 0.29) is 17.4 Å². The van der Waals surface area contributed by atoms with E-state index in [2.05, 4.69) is 9.97 Å². The number of aromatic amines is 1. The number of aryl methyl sites for hydroxylation is 1. The molecule has 1 atom stereocenters. The standard InChI is InChI=1S/C21H27FN4O3/c1-15-12-18(24-20(28)23-15)19(27)26-10-3-8-21(29,9-11-26)14-25(2)13-16-4-6-17(22)7-5-16/h4-7,12,29H,3,8-11,13-14H2,1-2H3,(H,23,24,28)/t21-/m0/s1. The van der Waals surface area contributed by atoms with E-state index in [0.29, 0.717) is 51.1 Å².